The number of amides is 1. The molecule has 6 nitrogen and oxygen atoms in total. The summed E-state index contributed by atoms with van der Waals surface area (Å²) in [5, 5.41) is 23.6. The number of carbonyl (C=O) groups is 2. The molecule has 0 aliphatic rings. The van der Waals surface area contributed by atoms with E-state index in [2.05, 4.69) is 99.0 Å². The predicted octanol–water partition coefficient (Wildman–Crippen LogP) is 14.2. The van der Waals surface area contributed by atoms with E-state index in [1.807, 2.05) is 0 Å². The minimum absolute atomic E-state index is 0.0511. The Bertz CT molecular complexity index is 1090. The number of ether oxygens (including phenoxy) is 1. The van der Waals surface area contributed by atoms with Crippen LogP contribution in [0.5, 0.6) is 0 Å². The average Bonchev–Trinajstić information content (AvgIpc) is 3.22. The summed E-state index contributed by atoms with van der Waals surface area (Å²) in [4.78, 5) is 26.0. The van der Waals surface area contributed by atoms with E-state index >= 15 is 0 Å². The molecule has 0 rings (SSSR count). The van der Waals surface area contributed by atoms with Crippen molar-refractivity contribution in [2.24, 2.45) is 0 Å². The van der Waals surface area contributed by atoms with Gasteiger partial charge in [0.05, 0.1) is 25.2 Å². The van der Waals surface area contributed by atoms with Crippen molar-refractivity contribution in [3.63, 3.8) is 0 Å². The van der Waals surface area contributed by atoms with Crippen LogP contribution in [0.3, 0.4) is 0 Å². The number of aliphatic hydroxyl groups excluding tert-OH is 2. The zero-order valence-corrected chi connectivity index (χ0v) is 37.9. The van der Waals surface area contributed by atoms with E-state index in [0.29, 0.717) is 19.3 Å². The molecule has 0 radical (unpaired) electrons. The van der Waals surface area contributed by atoms with Crippen molar-refractivity contribution in [3.8, 4) is 0 Å². The third-order valence-corrected chi connectivity index (χ3v) is 10.6. The lowest BCUT2D eigenvalue weighted by atomic mass is 10.0. The fraction of sp³-hybridized carbons (Fsp3) is 0.731. The van der Waals surface area contributed by atoms with Crippen LogP contribution in [-0.4, -0.2) is 46.9 Å². The number of rotatable bonds is 42. The topological polar surface area (TPSA) is 95.9 Å². The Hall–Kier alpha value is -2.70. The van der Waals surface area contributed by atoms with Crippen LogP contribution in [0.25, 0.3) is 0 Å². The van der Waals surface area contributed by atoms with Crippen molar-refractivity contribution >= 4 is 11.9 Å². The van der Waals surface area contributed by atoms with Gasteiger partial charge in [0, 0.05) is 6.42 Å². The van der Waals surface area contributed by atoms with E-state index in [9.17, 15) is 19.8 Å². The Morgan fingerprint density at radius 1 is 0.534 bits per heavy atom. The van der Waals surface area contributed by atoms with Crippen LogP contribution in [0.2, 0.25) is 0 Å². The summed E-state index contributed by atoms with van der Waals surface area (Å²) in [6.45, 7) is 6.28. The number of hydrogen-bond acceptors (Lipinski definition) is 5. The minimum Gasteiger partial charge on any atom is -0.462 e. The van der Waals surface area contributed by atoms with Gasteiger partial charge in [0.1, 0.15) is 6.10 Å². The second-order valence-corrected chi connectivity index (χ2v) is 16.2. The molecule has 3 N–H and O–H groups in total. The second-order valence-electron chi connectivity index (χ2n) is 16.2. The van der Waals surface area contributed by atoms with E-state index in [4.69, 9.17) is 4.74 Å². The zero-order valence-electron chi connectivity index (χ0n) is 37.9. The molecule has 3 atom stereocenters. The van der Waals surface area contributed by atoms with Crippen LogP contribution in [0.1, 0.15) is 220 Å². The van der Waals surface area contributed by atoms with Gasteiger partial charge in [-0.25, -0.2) is 0 Å². The van der Waals surface area contributed by atoms with Gasteiger partial charge < -0.3 is 20.3 Å². The highest BCUT2D eigenvalue weighted by atomic mass is 16.5. The molecule has 3 unspecified atom stereocenters. The number of hydrogen-bond donors (Lipinski definition) is 3. The van der Waals surface area contributed by atoms with Crippen molar-refractivity contribution in [2.45, 2.75) is 238 Å². The number of allylic oxidation sites excluding steroid dienone is 12. The van der Waals surface area contributed by atoms with Crippen LogP contribution in [-0.2, 0) is 14.3 Å². The van der Waals surface area contributed by atoms with E-state index in [1.165, 1.54) is 64.2 Å². The van der Waals surface area contributed by atoms with Crippen LogP contribution < -0.4 is 5.32 Å². The Labute approximate surface area is 358 Å². The molecule has 0 aliphatic carbocycles. The zero-order chi connectivity index (χ0) is 42.4. The number of carbonyl (C=O) groups excluding carboxylic acids is 2. The maximum absolute atomic E-state index is 13.1. The first-order valence-electron chi connectivity index (χ1n) is 24.2. The summed E-state index contributed by atoms with van der Waals surface area (Å²) >= 11 is 0. The normalized spacial score (nSPS) is 13.9. The molecule has 0 aromatic rings. The third-order valence-electron chi connectivity index (χ3n) is 10.6. The molecule has 0 bridgehead atoms. The molecule has 0 spiro atoms. The Morgan fingerprint density at radius 3 is 1.59 bits per heavy atom. The summed E-state index contributed by atoms with van der Waals surface area (Å²) in [7, 11) is 0. The Kier molecular flexibility index (Phi) is 43.3. The fourth-order valence-electron chi connectivity index (χ4n) is 6.91. The highest BCUT2D eigenvalue weighted by Crippen LogP contribution is 2.17. The minimum atomic E-state index is -0.798. The summed E-state index contributed by atoms with van der Waals surface area (Å²) in [5.41, 5.74) is 0. The van der Waals surface area contributed by atoms with Gasteiger partial charge in [-0.1, -0.05) is 196 Å². The van der Waals surface area contributed by atoms with Crippen molar-refractivity contribution in [1.82, 2.24) is 5.32 Å². The molecule has 0 aromatic heterocycles. The van der Waals surface area contributed by atoms with Crippen molar-refractivity contribution in [1.29, 1.82) is 0 Å². The van der Waals surface area contributed by atoms with Gasteiger partial charge in [0.15, 0.2) is 0 Å². The number of nitrogens with one attached hydrogen (secondary N) is 1. The largest absolute Gasteiger partial charge is 0.462 e. The molecule has 334 valence electrons. The number of unbranched alkanes of at least 4 members (excludes halogenated alkanes) is 20. The SMILES string of the molecule is CC/C=C/C=C/C=C\CCCCCCCC(=O)OC(CCCCCC/C=C\C/C=C\C/C=C\CCCCC)CC(=O)NC(CO)C(O)CCCCCCCCCCC. The molecule has 0 saturated heterocycles. The maximum Gasteiger partial charge on any atom is 0.306 e. The highest BCUT2D eigenvalue weighted by molar-refractivity contribution is 5.77. The molecule has 6 heteroatoms. The molecule has 1 amide bonds. The first kappa shape index (κ1) is 55.3. The first-order chi connectivity index (χ1) is 28.5. The van der Waals surface area contributed by atoms with Gasteiger partial charge in [-0.2, -0.15) is 0 Å². The molecule has 0 saturated carbocycles. The van der Waals surface area contributed by atoms with Crippen molar-refractivity contribution in [3.05, 3.63) is 72.9 Å². The molecule has 0 fully saturated rings. The lowest BCUT2D eigenvalue weighted by molar-refractivity contribution is -0.151. The highest BCUT2D eigenvalue weighted by Gasteiger charge is 2.24. The van der Waals surface area contributed by atoms with E-state index in [-0.39, 0.29) is 24.9 Å². The van der Waals surface area contributed by atoms with Crippen LogP contribution in [0, 0.1) is 0 Å². The molecular formula is C52H91NO5. The van der Waals surface area contributed by atoms with Crippen molar-refractivity contribution in [2.75, 3.05) is 6.61 Å². The van der Waals surface area contributed by atoms with Crippen LogP contribution in [0.4, 0.5) is 0 Å². The van der Waals surface area contributed by atoms with E-state index in [0.717, 1.165) is 109 Å². The molecule has 58 heavy (non-hydrogen) atoms. The summed E-state index contributed by atoms with van der Waals surface area (Å²) in [6, 6.07) is -0.714. The van der Waals surface area contributed by atoms with Crippen molar-refractivity contribution < 1.29 is 24.5 Å². The van der Waals surface area contributed by atoms with Gasteiger partial charge in [0.2, 0.25) is 5.91 Å². The molecule has 0 aliphatic heterocycles. The third kappa shape index (κ3) is 40.1. The molecular weight excluding hydrogens is 719 g/mol. The second kappa shape index (κ2) is 45.4. The Morgan fingerprint density at radius 2 is 1.00 bits per heavy atom. The van der Waals surface area contributed by atoms with Crippen LogP contribution >= 0.6 is 0 Å². The molecule has 0 aromatic carbocycles. The standard InChI is InChI=1S/C52H91NO5/c1-4-7-10-13-16-19-21-23-24-25-26-28-29-32-34-37-40-43-48(58-52(57)45-42-39-36-33-30-27-22-20-17-14-11-8-5-2)46-51(56)53-49(47-54)50(55)44-41-38-35-31-18-15-12-9-6-3/h8,11,14,16-17,19-20,22-24,26,28,48-50,54-55H,4-7,9-10,12-13,15,18,21,25,27,29-47H2,1-3H3,(H,53,56)/b11-8+,17-14+,19-16-,22-20-,24-23-,28-26-. The van der Waals surface area contributed by atoms with Gasteiger partial charge in [-0.3, -0.25) is 9.59 Å². The molecule has 0 heterocycles. The summed E-state index contributed by atoms with van der Waals surface area (Å²) < 4.78 is 5.90. The van der Waals surface area contributed by atoms with Gasteiger partial charge in [-0.05, 0) is 83.5 Å². The number of aliphatic hydroxyl groups is 2. The maximum atomic E-state index is 13.1. The quantitative estimate of drug-likeness (QED) is 0.0247. The van der Waals surface area contributed by atoms with Gasteiger partial charge in [0.25, 0.3) is 0 Å². The van der Waals surface area contributed by atoms with Crippen LogP contribution in [0.15, 0.2) is 72.9 Å². The summed E-state index contributed by atoms with van der Waals surface area (Å²) in [6.07, 6.45) is 56.7. The Balaban J connectivity index is 4.69. The number of esters is 1. The average molecular weight is 810 g/mol. The van der Waals surface area contributed by atoms with E-state index in [1.54, 1.807) is 0 Å². The smallest absolute Gasteiger partial charge is 0.306 e. The predicted molar refractivity (Wildman–Crippen MR) is 250 cm³/mol. The first-order valence-corrected chi connectivity index (χ1v) is 24.2. The monoisotopic (exact) mass is 810 g/mol. The van der Waals surface area contributed by atoms with E-state index < -0.39 is 18.2 Å². The van der Waals surface area contributed by atoms with Gasteiger partial charge in [-0.15, -0.1) is 0 Å². The van der Waals surface area contributed by atoms with Gasteiger partial charge >= 0.3 is 5.97 Å². The lowest BCUT2D eigenvalue weighted by Crippen LogP contribution is -2.46. The lowest BCUT2D eigenvalue weighted by Gasteiger charge is -2.24. The fourth-order valence-corrected chi connectivity index (χ4v) is 6.91. The summed E-state index contributed by atoms with van der Waals surface area (Å²) in [5.74, 6) is -0.525.